The minimum absolute atomic E-state index is 0.296. The molecule has 80 valence electrons. The first kappa shape index (κ1) is 11.5. The Balaban J connectivity index is 2.27. The molecule has 0 fully saturated rings. The molecule has 0 radical (unpaired) electrons. The van der Waals surface area contributed by atoms with Gasteiger partial charge in [-0.3, -0.25) is 0 Å². The Bertz CT molecular complexity index is 295. The van der Waals surface area contributed by atoms with E-state index in [1.807, 2.05) is 30.3 Å². The van der Waals surface area contributed by atoms with Gasteiger partial charge in [-0.15, -0.1) is 0 Å². The fraction of sp³-hybridized carbons (Fsp3) is 0.500. The number of nitrogens with zero attached hydrogens (tertiary/aromatic N) is 1. The maximum Gasteiger partial charge on any atom is 0.400 e. The van der Waals surface area contributed by atoms with Gasteiger partial charge in [-0.05, 0) is 24.3 Å². The Morgan fingerprint density at radius 2 is 2.36 bits per heavy atom. The smallest absolute Gasteiger partial charge is 0.377 e. The number of nitrogens with one attached hydrogen (secondary N) is 1. The van der Waals surface area contributed by atoms with Crippen LogP contribution in [-0.2, 0) is 4.57 Å². The highest BCUT2D eigenvalue weighted by Crippen LogP contribution is 2.27. The van der Waals surface area contributed by atoms with Crippen molar-refractivity contribution < 1.29 is 14.4 Å². The van der Waals surface area contributed by atoms with Crippen LogP contribution in [-0.4, -0.2) is 34.8 Å². The zero-order chi connectivity index (χ0) is 10.6. The Labute approximate surface area is 83.3 Å². The quantitative estimate of drug-likeness (QED) is 0.597. The van der Waals surface area contributed by atoms with Crippen LogP contribution in [0.3, 0.4) is 0 Å². The van der Waals surface area contributed by atoms with Gasteiger partial charge in [0.25, 0.3) is 0 Å². The second-order valence-electron chi connectivity index (χ2n) is 3.24. The number of hydrogen-bond acceptors (Lipinski definition) is 2. The summed E-state index contributed by atoms with van der Waals surface area (Å²) in [5, 5.41) is 2.16. The van der Waals surface area contributed by atoms with E-state index in [1.54, 1.807) is 0 Å². The fourth-order valence-corrected chi connectivity index (χ4v) is 1.55. The van der Waals surface area contributed by atoms with Gasteiger partial charge < -0.3 is 14.7 Å². The Morgan fingerprint density at radius 3 is 2.86 bits per heavy atom. The first-order chi connectivity index (χ1) is 6.47. The molecule has 0 spiro atoms. The highest BCUT2D eigenvalue weighted by Gasteiger charge is 2.10. The first-order valence-corrected chi connectivity index (χ1v) is 5.97. The zero-order valence-corrected chi connectivity index (χ0v) is 8.94. The van der Waals surface area contributed by atoms with Crippen molar-refractivity contribution >= 4 is 7.75 Å². The van der Waals surface area contributed by atoms with Crippen molar-refractivity contribution in [3.63, 3.8) is 0 Å². The standard InChI is InChI=1S/C8H15N2O3P/c1-10-6-3-8(4-7-10)2-5-9-14(11,12)13/h3-4,6H,2,5,7H2,1H3,(H3,9,11,12,13). The predicted octanol–water partition coefficient (Wildman–Crippen LogP) is 0.444. The second-order valence-corrected chi connectivity index (χ2v) is 4.64. The third kappa shape index (κ3) is 4.58. The number of hydrogen-bond donors (Lipinski definition) is 3. The molecule has 6 heteroatoms. The van der Waals surface area contributed by atoms with Gasteiger partial charge in [0.1, 0.15) is 0 Å². The van der Waals surface area contributed by atoms with Crippen LogP contribution in [0, 0.1) is 0 Å². The van der Waals surface area contributed by atoms with E-state index in [1.165, 1.54) is 0 Å². The normalized spacial score (nSPS) is 17.1. The summed E-state index contributed by atoms with van der Waals surface area (Å²) in [5.41, 5.74) is 1.10. The Hall–Kier alpha value is -0.610. The summed E-state index contributed by atoms with van der Waals surface area (Å²) in [4.78, 5) is 19.1. The van der Waals surface area contributed by atoms with E-state index in [-0.39, 0.29) is 0 Å². The van der Waals surface area contributed by atoms with Crippen molar-refractivity contribution in [2.45, 2.75) is 6.42 Å². The van der Waals surface area contributed by atoms with Crippen LogP contribution in [0.4, 0.5) is 0 Å². The van der Waals surface area contributed by atoms with Crippen LogP contribution in [0.2, 0.25) is 0 Å². The molecule has 0 aromatic heterocycles. The van der Waals surface area contributed by atoms with E-state index in [9.17, 15) is 4.57 Å². The molecular weight excluding hydrogens is 203 g/mol. The molecule has 1 aliphatic rings. The van der Waals surface area contributed by atoms with Crippen LogP contribution in [0.25, 0.3) is 0 Å². The van der Waals surface area contributed by atoms with Crippen LogP contribution < -0.4 is 5.09 Å². The van der Waals surface area contributed by atoms with E-state index in [0.29, 0.717) is 13.0 Å². The molecule has 3 N–H and O–H groups in total. The van der Waals surface area contributed by atoms with Gasteiger partial charge in [0, 0.05) is 20.1 Å². The van der Waals surface area contributed by atoms with Gasteiger partial charge in [0.15, 0.2) is 0 Å². The molecule has 0 aliphatic carbocycles. The molecule has 0 amide bonds. The topological polar surface area (TPSA) is 72.8 Å². The van der Waals surface area contributed by atoms with Gasteiger partial charge in [0.05, 0.1) is 0 Å². The molecule has 0 saturated heterocycles. The van der Waals surface area contributed by atoms with Gasteiger partial charge in [-0.1, -0.05) is 6.08 Å². The van der Waals surface area contributed by atoms with E-state index in [2.05, 4.69) is 5.09 Å². The summed E-state index contributed by atoms with van der Waals surface area (Å²) >= 11 is 0. The van der Waals surface area contributed by atoms with Crippen molar-refractivity contribution in [2.24, 2.45) is 0 Å². The van der Waals surface area contributed by atoms with Gasteiger partial charge in [-0.25, -0.2) is 9.65 Å². The van der Waals surface area contributed by atoms with Crippen LogP contribution in [0.5, 0.6) is 0 Å². The van der Waals surface area contributed by atoms with E-state index in [4.69, 9.17) is 9.79 Å². The molecule has 1 rings (SSSR count). The molecule has 0 aromatic rings. The van der Waals surface area contributed by atoms with Crippen molar-refractivity contribution in [1.82, 2.24) is 9.99 Å². The third-order valence-electron chi connectivity index (χ3n) is 1.92. The van der Waals surface area contributed by atoms with Crippen molar-refractivity contribution in [2.75, 3.05) is 20.1 Å². The van der Waals surface area contributed by atoms with Crippen molar-refractivity contribution in [3.05, 3.63) is 23.9 Å². The SMILES string of the molecule is CN1C=CC(CCNP(=O)(O)O)=CC1. The molecule has 0 saturated carbocycles. The molecule has 0 unspecified atom stereocenters. The first-order valence-electron chi connectivity index (χ1n) is 4.35. The molecule has 0 aromatic carbocycles. The molecule has 14 heavy (non-hydrogen) atoms. The van der Waals surface area contributed by atoms with E-state index >= 15 is 0 Å². The molecule has 1 aliphatic heterocycles. The lowest BCUT2D eigenvalue weighted by Gasteiger charge is -2.17. The molecule has 1 heterocycles. The van der Waals surface area contributed by atoms with Crippen LogP contribution in [0.15, 0.2) is 23.9 Å². The number of allylic oxidation sites excluding steroid dienone is 1. The molecule has 5 nitrogen and oxygen atoms in total. The fourth-order valence-electron chi connectivity index (χ4n) is 1.14. The molecule has 0 bridgehead atoms. The third-order valence-corrected chi connectivity index (χ3v) is 2.55. The summed E-state index contributed by atoms with van der Waals surface area (Å²) in [5.74, 6) is 0. The summed E-state index contributed by atoms with van der Waals surface area (Å²) in [7, 11) is -2.09. The molecular formula is C8H15N2O3P. The summed E-state index contributed by atoms with van der Waals surface area (Å²) in [6.45, 7) is 1.14. The summed E-state index contributed by atoms with van der Waals surface area (Å²) in [6, 6.07) is 0. The summed E-state index contributed by atoms with van der Waals surface area (Å²) in [6.07, 6.45) is 6.58. The van der Waals surface area contributed by atoms with E-state index in [0.717, 1.165) is 12.1 Å². The Kier molecular flexibility index (Phi) is 3.89. The number of likely N-dealkylation sites (N-methyl/N-ethyl adjacent to an activating group) is 1. The zero-order valence-electron chi connectivity index (χ0n) is 8.05. The summed E-state index contributed by atoms with van der Waals surface area (Å²) < 4.78 is 10.5. The largest absolute Gasteiger partial charge is 0.400 e. The average Bonchev–Trinajstić information content (AvgIpc) is 2.06. The highest BCUT2D eigenvalue weighted by molar-refractivity contribution is 7.49. The minimum atomic E-state index is -4.06. The lowest BCUT2D eigenvalue weighted by molar-refractivity contribution is 0.357. The maximum absolute atomic E-state index is 10.5. The lowest BCUT2D eigenvalue weighted by Crippen LogP contribution is -2.16. The van der Waals surface area contributed by atoms with E-state index < -0.39 is 7.75 Å². The van der Waals surface area contributed by atoms with Crippen LogP contribution >= 0.6 is 7.75 Å². The number of rotatable bonds is 4. The molecule has 0 atom stereocenters. The monoisotopic (exact) mass is 218 g/mol. The predicted molar refractivity (Wildman–Crippen MR) is 54.5 cm³/mol. The maximum atomic E-state index is 10.5. The van der Waals surface area contributed by atoms with Crippen molar-refractivity contribution in [3.8, 4) is 0 Å². The average molecular weight is 218 g/mol. The van der Waals surface area contributed by atoms with Gasteiger partial charge in [0.2, 0.25) is 0 Å². The van der Waals surface area contributed by atoms with Crippen LogP contribution in [0.1, 0.15) is 6.42 Å². The second kappa shape index (κ2) is 4.75. The Morgan fingerprint density at radius 1 is 1.64 bits per heavy atom. The highest BCUT2D eigenvalue weighted by atomic mass is 31.2. The van der Waals surface area contributed by atoms with Crippen molar-refractivity contribution in [1.29, 1.82) is 0 Å². The van der Waals surface area contributed by atoms with Gasteiger partial charge >= 0.3 is 7.75 Å². The van der Waals surface area contributed by atoms with Gasteiger partial charge in [-0.2, -0.15) is 0 Å². The lowest BCUT2D eigenvalue weighted by atomic mass is 10.1. The minimum Gasteiger partial charge on any atom is -0.377 e.